The van der Waals surface area contributed by atoms with Crippen LogP contribution in [-0.4, -0.2) is 55.1 Å². The van der Waals surface area contributed by atoms with Gasteiger partial charge in [-0.15, -0.1) is 0 Å². The Bertz CT molecular complexity index is 947. The molecule has 1 amide bonds. The normalized spacial score (nSPS) is 13.7. The molecule has 0 saturated heterocycles. The Kier molecular flexibility index (Phi) is 8.43. The van der Waals surface area contributed by atoms with Gasteiger partial charge in [0, 0.05) is 13.0 Å². The van der Waals surface area contributed by atoms with Crippen molar-refractivity contribution in [2.75, 3.05) is 19.7 Å². The zero-order valence-electron chi connectivity index (χ0n) is 17.4. The molecule has 0 aliphatic carbocycles. The number of hydrogen-bond donors (Lipinski definition) is 4. The minimum absolute atomic E-state index is 0.0608. The Hall–Kier alpha value is -4.08. The third kappa shape index (κ3) is 7.63. The Balaban J connectivity index is 1.39. The maximum Gasteiger partial charge on any atom is 0.408 e. The topological polar surface area (TPSA) is 134 Å². The first kappa shape index (κ1) is 22.6. The molecule has 0 fully saturated rings. The highest BCUT2D eigenvalue weighted by Crippen LogP contribution is 2.12. The molecule has 2 aromatic carbocycles. The number of carbonyl (C=O) groups is 2. The molecule has 0 saturated carbocycles. The maximum atomic E-state index is 11.9. The van der Waals surface area contributed by atoms with Crippen LogP contribution < -0.4 is 20.8 Å². The van der Waals surface area contributed by atoms with Gasteiger partial charge in [0.25, 0.3) is 0 Å². The predicted octanol–water partition coefficient (Wildman–Crippen LogP) is 1.72. The van der Waals surface area contributed by atoms with Crippen molar-refractivity contribution in [2.45, 2.75) is 19.1 Å². The summed E-state index contributed by atoms with van der Waals surface area (Å²) in [7, 11) is 0. The minimum atomic E-state index is -1.16. The van der Waals surface area contributed by atoms with Gasteiger partial charge in [0.15, 0.2) is 0 Å². The van der Waals surface area contributed by atoms with E-state index >= 15 is 0 Å². The van der Waals surface area contributed by atoms with Gasteiger partial charge in [-0.1, -0.05) is 30.3 Å². The molecule has 0 radical (unpaired) electrons. The number of carboxylic acid groups (broad SMARTS) is 1. The van der Waals surface area contributed by atoms with Gasteiger partial charge in [0.2, 0.25) is 5.96 Å². The van der Waals surface area contributed by atoms with Gasteiger partial charge in [0.1, 0.15) is 18.4 Å². The fourth-order valence-corrected chi connectivity index (χ4v) is 2.75. The number of aliphatic carboxylic acids is 1. The molecular weight excluding hydrogens is 414 g/mol. The largest absolute Gasteiger partial charge is 0.494 e. The molecule has 1 aliphatic heterocycles. The fraction of sp³-hybridized carbons (Fsp3) is 0.273. The third-order valence-corrected chi connectivity index (χ3v) is 4.42. The van der Waals surface area contributed by atoms with E-state index in [0.29, 0.717) is 11.7 Å². The molecule has 3 rings (SSSR count). The summed E-state index contributed by atoms with van der Waals surface area (Å²) in [6, 6.07) is 15.2. The number of guanidine groups is 1. The highest BCUT2D eigenvalue weighted by molar-refractivity contribution is 5.84. The smallest absolute Gasteiger partial charge is 0.408 e. The summed E-state index contributed by atoms with van der Waals surface area (Å²) < 4.78 is 10.7. The van der Waals surface area contributed by atoms with Crippen LogP contribution in [0.4, 0.5) is 4.79 Å². The van der Waals surface area contributed by atoms with Crippen LogP contribution in [-0.2, 0) is 16.1 Å². The van der Waals surface area contributed by atoms with E-state index in [1.165, 1.54) is 0 Å². The molecule has 2 aromatic rings. The van der Waals surface area contributed by atoms with E-state index in [0.717, 1.165) is 24.2 Å². The van der Waals surface area contributed by atoms with Gasteiger partial charge >= 0.3 is 12.1 Å². The van der Waals surface area contributed by atoms with E-state index in [9.17, 15) is 14.7 Å². The lowest BCUT2D eigenvalue weighted by Crippen LogP contribution is -2.42. The number of hydrogen-bond acceptors (Lipinski definition) is 8. The predicted molar refractivity (Wildman–Crippen MR) is 119 cm³/mol. The SMILES string of the molecule is O=C(NC(CCOc1ccc(/C=N\NC2=NCCN2)cc1)C(=O)O)OCc1ccccc1. The number of nitrogens with zero attached hydrogens (tertiary/aromatic N) is 2. The standard InChI is InChI=1S/C22H25N5O5/c28-20(29)19(26-22(30)32-15-17-4-2-1-3-5-17)10-13-31-18-8-6-16(7-9-18)14-25-27-21-23-11-12-24-21/h1-9,14,19H,10-13,15H2,(H,26,30)(H,28,29)(H2,23,24,27)/b25-14-. The molecular formula is C22H25N5O5. The van der Waals surface area contributed by atoms with Crippen LogP contribution in [0.2, 0.25) is 0 Å². The molecule has 0 bridgehead atoms. The van der Waals surface area contributed by atoms with Crippen LogP contribution in [0, 0.1) is 0 Å². The molecule has 168 valence electrons. The van der Waals surface area contributed by atoms with Crippen molar-refractivity contribution in [3.05, 3.63) is 65.7 Å². The molecule has 32 heavy (non-hydrogen) atoms. The molecule has 10 nitrogen and oxygen atoms in total. The van der Waals surface area contributed by atoms with Crippen LogP contribution in [0.1, 0.15) is 17.5 Å². The molecule has 1 heterocycles. The lowest BCUT2D eigenvalue weighted by atomic mass is 10.2. The average Bonchev–Trinajstić information content (AvgIpc) is 3.32. The van der Waals surface area contributed by atoms with E-state index in [2.05, 4.69) is 26.2 Å². The summed E-state index contributed by atoms with van der Waals surface area (Å²) in [5, 5.41) is 18.8. The van der Waals surface area contributed by atoms with Crippen molar-refractivity contribution in [2.24, 2.45) is 10.1 Å². The summed E-state index contributed by atoms with van der Waals surface area (Å²) in [5.41, 5.74) is 4.48. The average molecular weight is 439 g/mol. The van der Waals surface area contributed by atoms with Crippen molar-refractivity contribution < 1.29 is 24.2 Å². The fourth-order valence-electron chi connectivity index (χ4n) is 2.75. The second kappa shape index (κ2) is 11.9. The highest BCUT2D eigenvalue weighted by Gasteiger charge is 2.20. The number of amides is 1. The Morgan fingerprint density at radius 2 is 1.97 bits per heavy atom. The van der Waals surface area contributed by atoms with Crippen molar-refractivity contribution >= 4 is 24.2 Å². The number of alkyl carbamates (subject to hydrolysis) is 1. The van der Waals surface area contributed by atoms with Crippen LogP contribution in [0.15, 0.2) is 64.7 Å². The quantitative estimate of drug-likeness (QED) is 0.327. The Labute approximate surface area is 185 Å². The Morgan fingerprint density at radius 1 is 1.19 bits per heavy atom. The van der Waals surface area contributed by atoms with Crippen LogP contribution in [0.3, 0.4) is 0 Å². The lowest BCUT2D eigenvalue weighted by molar-refractivity contribution is -0.139. The van der Waals surface area contributed by atoms with E-state index in [-0.39, 0.29) is 19.6 Å². The molecule has 1 aliphatic rings. The second-order valence-electron chi connectivity index (χ2n) is 6.83. The molecule has 10 heteroatoms. The lowest BCUT2D eigenvalue weighted by Gasteiger charge is -2.15. The first-order valence-corrected chi connectivity index (χ1v) is 10.1. The second-order valence-corrected chi connectivity index (χ2v) is 6.83. The van der Waals surface area contributed by atoms with Crippen molar-refractivity contribution in [1.82, 2.24) is 16.1 Å². The molecule has 0 aromatic heterocycles. The van der Waals surface area contributed by atoms with Crippen LogP contribution in [0.5, 0.6) is 5.75 Å². The number of aliphatic imine (C=N–C) groups is 1. The monoisotopic (exact) mass is 439 g/mol. The van der Waals surface area contributed by atoms with Gasteiger partial charge in [0.05, 0.1) is 19.4 Å². The first-order chi connectivity index (χ1) is 15.6. The number of carbonyl (C=O) groups excluding carboxylic acids is 1. The summed E-state index contributed by atoms with van der Waals surface area (Å²) in [5.74, 6) is 0.0603. The number of hydrazone groups is 1. The molecule has 1 unspecified atom stereocenters. The number of ether oxygens (including phenoxy) is 2. The number of benzene rings is 2. The molecule has 0 spiro atoms. The first-order valence-electron chi connectivity index (χ1n) is 10.1. The Morgan fingerprint density at radius 3 is 2.66 bits per heavy atom. The molecule has 4 N–H and O–H groups in total. The third-order valence-electron chi connectivity index (χ3n) is 4.42. The van der Waals surface area contributed by atoms with Crippen molar-refractivity contribution in [1.29, 1.82) is 0 Å². The summed E-state index contributed by atoms with van der Waals surface area (Å²) in [4.78, 5) is 27.5. The zero-order chi connectivity index (χ0) is 22.6. The van der Waals surface area contributed by atoms with E-state index in [4.69, 9.17) is 9.47 Å². The van der Waals surface area contributed by atoms with Crippen molar-refractivity contribution in [3.8, 4) is 5.75 Å². The number of nitrogens with one attached hydrogen (secondary N) is 3. The van der Waals surface area contributed by atoms with E-state index in [1.54, 1.807) is 18.3 Å². The van der Waals surface area contributed by atoms with E-state index < -0.39 is 18.1 Å². The van der Waals surface area contributed by atoms with Gasteiger partial charge < -0.3 is 25.2 Å². The number of rotatable bonds is 10. The minimum Gasteiger partial charge on any atom is -0.494 e. The van der Waals surface area contributed by atoms with Gasteiger partial charge in [-0.25, -0.2) is 20.0 Å². The highest BCUT2D eigenvalue weighted by atomic mass is 16.5. The summed E-state index contributed by atoms with van der Waals surface area (Å²) in [6.07, 6.45) is 0.938. The van der Waals surface area contributed by atoms with Crippen LogP contribution in [0.25, 0.3) is 0 Å². The maximum absolute atomic E-state index is 11.9. The van der Waals surface area contributed by atoms with Gasteiger partial charge in [-0.05, 0) is 35.4 Å². The number of carboxylic acids is 1. The van der Waals surface area contributed by atoms with Gasteiger partial charge in [-0.2, -0.15) is 5.10 Å². The van der Waals surface area contributed by atoms with Crippen molar-refractivity contribution in [3.63, 3.8) is 0 Å². The summed E-state index contributed by atoms with van der Waals surface area (Å²) >= 11 is 0. The van der Waals surface area contributed by atoms with Gasteiger partial charge in [-0.3, -0.25) is 0 Å². The summed E-state index contributed by atoms with van der Waals surface area (Å²) in [6.45, 7) is 1.70. The molecule has 1 atom stereocenters. The van der Waals surface area contributed by atoms with Crippen LogP contribution >= 0.6 is 0 Å². The van der Waals surface area contributed by atoms with E-state index in [1.807, 2.05) is 42.5 Å². The zero-order valence-corrected chi connectivity index (χ0v) is 17.4.